The molecule has 1 unspecified atom stereocenters. The summed E-state index contributed by atoms with van der Waals surface area (Å²) in [6.45, 7) is 3.92. The number of nitrogens with two attached hydrogens (primary N) is 2. The van der Waals surface area contributed by atoms with Crippen LogP contribution in [0.25, 0.3) is 21.3 Å². The SMILES string of the molecule is Nc1cc(CNCC(O)c2ccc(O)c3[nH]c(=O)ccc23)ccc1N(N)CCCN1CCC(OC(=O)Nc2ccsc2-c2ccccc2)CC1. The minimum Gasteiger partial charge on any atom is -0.506 e. The highest BCUT2D eigenvalue weighted by Gasteiger charge is 2.23. The molecule has 3 aromatic carbocycles. The number of aromatic nitrogens is 1. The number of benzene rings is 3. The minimum atomic E-state index is -0.858. The van der Waals surface area contributed by atoms with Gasteiger partial charge in [0, 0.05) is 44.2 Å². The molecule has 0 saturated carbocycles. The van der Waals surface area contributed by atoms with Gasteiger partial charge in [0.25, 0.3) is 0 Å². The lowest BCUT2D eigenvalue weighted by atomic mass is 10.0. The number of hydrogen-bond acceptors (Lipinski definition) is 11. The van der Waals surface area contributed by atoms with Gasteiger partial charge in [-0.2, -0.15) is 0 Å². The Morgan fingerprint density at radius 1 is 1.08 bits per heavy atom. The normalized spacial score (nSPS) is 14.4. The number of anilines is 3. The lowest BCUT2D eigenvalue weighted by molar-refractivity contribution is 0.0588. The standard InChI is InChI=1S/C37H43N7O5S/c38-29-21-24(22-40-23-33(46)27-8-11-32(45)35-28(27)9-12-34(47)42-35)7-10-31(29)44(39)17-4-16-43-18-13-26(14-19-43)49-37(48)41-30-15-20-50-36(30)25-5-2-1-3-6-25/h1-3,5-12,15,20-21,26,33,40,45-46H,4,13-14,16-19,22-23,38-39H2,(H,41,48)(H,42,47). The molecule has 262 valence electrons. The van der Waals surface area contributed by atoms with Gasteiger partial charge in [-0.1, -0.05) is 42.5 Å². The fourth-order valence-electron chi connectivity index (χ4n) is 6.34. The van der Waals surface area contributed by atoms with Crippen LogP contribution in [0.2, 0.25) is 0 Å². The monoisotopic (exact) mass is 697 g/mol. The van der Waals surface area contributed by atoms with Crippen molar-refractivity contribution in [2.45, 2.75) is 38.0 Å². The number of aromatic hydroxyl groups is 1. The number of thiophene rings is 1. The van der Waals surface area contributed by atoms with Gasteiger partial charge in [0.05, 0.1) is 33.6 Å². The Kier molecular flexibility index (Phi) is 11.3. The maximum Gasteiger partial charge on any atom is 0.411 e. The first kappa shape index (κ1) is 34.9. The second kappa shape index (κ2) is 16.2. The number of carbonyl (C=O) groups excluding carboxylic acids is 1. The number of ether oxygens (including phenoxy) is 1. The van der Waals surface area contributed by atoms with E-state index < -0.39 is 12.2 Å². The van der Waals surface area contributed by atoms with E-state index in [0.717, 1.165) is 66.3 Å². The first-order valence-electron chi connectivity index (χ1n) is 16.7. The van der Waals surface area contributed by atoms with Gasteiger partial charge >= 0.3 is 6.09 Å². The first-order valence-corrected chi connectivity index (χ1v) is 17.6. The molecule has 2 aromatic heterocycles. The minimum absolute atomic E-state index is 0.0488. The van der Waals surface area contributed by atoms with E-state index in [-0.39, 0.29) is 24.0 Å². The van der Waals surface area contributed by atoms with E-state index >= 15 is 0 Å². The number of carbonyl (C=O) groups is 1. The molecule has 9 N–H and O–H groups in total. The van der Waals surface area contributed by atoms with Crippen molar-refractivity contribution in [3.8, 4) is 16.2 Å². The Hall–Kier alpha value is -4.92. The zero-order valence-corrected chi connectivity index (χ0v) is 28.5. The number of phenolic OH excluding ortho intramolecular Hbond substituents is 1. The number of aliphatic hydroxyl groups is 1. The van der Waals surface area contributed by atoms with Crippen LogP contribution in [0.4, 0.5) is 21.9 Å². The number of rotatable bonds is 13. The summed E-state index contributed by atoms with van der Waals surface area (Å²) in [5.74, 6) is 6.34. The molecule has 0 radical (unpaired) electrons. The van der Waals surface area contributed by atoms with Gasteiger partial charge in [-0.05, 0) is 78.2 Å². The van der Waals surface area contributed by atoms with Crippen molar-refractivity contribution in [1.82, 2.24) is 15.2 Å². The van der Waals surface area contributed by atoms with E-state index in [1.807, 2.05) is 60.0 Å². The first-order chi connectivity index (χ1) is 24.2. The number of likely N-dealkylation sites (tertiary alicyclic amines) is 1. The van der Waals surface area contributed by atoms with Gasteiger partial charge < -0.3 is 40.9 Å². The number of aromatic amines is 1. The summed E-state index contributed by atoms with van der Waals surface area (Å²) in [5, 5.41) is 31.3. The summed E-state index contributed by atoms with van der Waals surface area (Å²) in [5.41, 5.74) is 11.0. The third-order valence-corrected chi connectivity index (χ3v) is 9.92. The number of nitrogens with one attached hydrogen (secondary N) is 3. The smallest absolute Gasteiger partial charge is 0.411 e. The van der Waals surface area contributed by atoms with E-state index in [9.17, 15) is 19.8 Å². The molecule has 12 nitrogen and oxygen atoms in total. The molecule has 3 heterocycles. The molecule has 1 fully saturated rings. The molecule has 1 saturated heterocycles. The molecule has 0 aliphatic carbocycles. The quantitative estimate of drug-likeness (QED) is 0.0494. The second-order valence-electron chi connectivity index (χ2n) is 12.5. The number of fused-ring (bicyclic) bond motifs is 1. The molecular weight excluding hydrogens is 655 g/mol. The summed E-state index contributed by atoms with van der Waals surface area (Å²) in [7, 11) is 0. The third-order valence-electron chi connectivity index (χ3n) is 8.95. The lowest BCUT2D eigenvalue weighted by Crippen LogP contribution is -2.40. The molecular formula is C37H43N7O5S. The molecule has 6 rings (SSSR count). The van der Waals surface area contributed by atoms with Gasteiger partial charge in [-0.15, -0.1) is 11.3 Å². The number of H-pyrrole nitrogens is 1. The van der Waals surface area contributed by atoms with Gasteiger partial charge in [0.2, 0.25) is 5.56 Å². The van der Waals surface area contributed by atoms with Crippen molar-refractivity contribution < 1.29 is 19.7 Å². The van der Waals surface area contributed by atoms with Crippen molar-refractivity contribution in [1.29, 1.82) is 0 Å². The van der Waals surface area contributed by atoms with Gasteiger partial charge in [0.1, 0.15) is 11.9 Å². The number of aliphatic hydroxyl groups excluding tert-OH is 1. The Balaban J connectivity index is 0.899. The predicted molar refractivity (Wildman–Crippen MR) is 199 cm³/mol. The Labute approximate surface area is 294 Å². The molecule has 1 aliphatic rings. The van der Waals surface area contributed by atoms with Crippen LogP contribution < -0.4 is 32.8 Å². The molecule has 5 aromatic rings. The Morgan fingerprint density at radius 3 is 2.66 bits per heavy atom. The number of pyridine rings is 1. The molecule has 1 aliphatic heterocycles. The molecule has 0 bridgehead atoms. The number of nitrogens with zero attached hydrogens (tertiary/aromatic N) is 2. The molecule has 13 heteroatoms. The highest BCUT2D eigenvalue weighted by molar-refractivity contribution is 7.14. The topological polar surface area (TPSA) is 182 Å². The summed E-state index contributed by atoms with van der Waals surface area (Å²) in [6.07, 6.45) is 1.01. The van der Waals surface area contributed by atoms with E-state index in [2.05, 4.69) is 20.5 Å². The number of piperidine rings is 1. The van der Waals surface area contributed by atoms with Crippen LogP contribution in [0.5, 0.6) is 5.75 Å². The lowest BCUT2D eigenvalue weighted by Gasteiger charge is -2.32. The van der Waals surface area contributed by atoms with Crippen molar-refractivity contribution in [3.63, 3.8) is 0 Å². The zero-order chi connectivity index (χ0) is 35.0. The van der Waals surface area contributed by atoms with Crippen LogP contribution in [-0.2, 0) is 11.3 Å². The molecule has 0 spiro atoms. The third kappa shape index (κ3) is 8.62. The Morgan fingerprint density at radius 2 is 1.88 bits per heavy atom. The maximum atomic E-state index is 12.7. The van der Waals surface area contributed by atoms with Gasteiger partial charge in [-0.3, -0.25) is 10.1 Å². The van der Waals surface area contributed by atoms with Crippen LogP contribution in [0.1, 0.15) is 36.5 Å². The largest absolute Gasteiger partial charge is 0.506 e. The summed E-state index contributed by atoms with van der Waals surface area (Å²) >= 11 is 1.58. The number of nitrogen functional groups attached to an aromatic ring is 1. The van der Waals surface area contributed by atoms with Crippen LogP contribution in [0.15, 0.2) is 89.0 Å². The van der Waals surface area contributed by atoms with Crippen LogP contribution in [0, 0.1) is 0 Å². The number of hydrogen-bond donors (Lipinski definition) is 7. The van der Waals surface area contributed by atoms with Crippen LogP contribution >= 0.6 is 11.3 Å². The number of amides is 1. The van der Waals surface area contributed by atoms with E-state index in [1.165, 1.54) is 12.1 Å². The summed E-state index contributed by atoms with van der Waals surface area (Å²) in [6, 6.07) is 23.7. The van der Waals surface area contributed by atoms with Gasteiger partial charge in [-0.25, -0.2) is 10.6 Å². The second-order valence-corrected chi connectivity index (χ2v) is 13.4. The average molecular weight is 698 g/mol. The number of phenols is 1. The van der Waals surface area contributed by atoms with Crippen molar-refractivity contribution in [2.24, 2.45) is 5.84 Å². The Bertz CT molecular complexity index is 1960. The average Bonchev–Trinajstić information content (AvgIpc) is 3.57. The van der Waals surface area contributed by atoms with E-state index in [0.29, 0.717) is 35.2 Å². The highest BCUT2D eigenvalue weighted by Crippen LogP contribution is 2.34. The van der Waals surface area contributed by atoms with Crippen LogP contribution in [0.3, 0.4) is 0 Å². The molecule has 50 heavy (non-hydrogen) atoms. The van der Waals surface area contributed by atoms with Crippen molar-refractivity contribution in [3.05, 3.63) is 106 Å². The van der Waals surface area contributed by atoms with E-state index in [4.69, 9.17) is 16.3 Å². The van der Waals surface area contributed by atoms with E-state index in [1.54, 1.807) is 28.5 Å². The van der Waals surface area contributed by atoms with Crippen molar-refractivity contribution >= 4 is 45.4 Å². The zero-order valence-electron chi connectivity index (χ0n) is 27.7. The predicted octanol–water partition coefficient (Wildman–Crippen LogP) is 5.15. The fourth-order valence-corrected chi connectivity index (χ4v) is 7.19. The molecule has 1 atom stereocenters. The summed E-state index contributed by atoms with van der Waals surface area (Å²) in [4.78, 5) is 30.3. The summed E-state index contributed by atoms with van der Waals surface area (Å²) < 4.78 is 5.76. The number of hydrazine groups is 1. The highest BCUT2D eigenvalue weighted by atomic mass is 32.1. The fraction of sp³-hybridized carbons (Fsp3) is 0.297. The molecule has 1 amide bonds. The van der Waals surface area contributed by atoms with Crippen LogP contribution in [-0.4, -0.2) is 65.0 Å². The maximum absolute atomic E-state index is 12.7. The van der Waals surface area contributed by atoms with Crippen molar-refractivity contribution in [2.75, 3.05) is 48.8 Å². The van der Waals surface area contributed by atoms with Gasteiger partial charge in [0.15, 0.2) is 0 Å².